The van der Waals surface area contributed by atoms with Crippen LogP contribution in [0.2, 0.25) is 5.15 Å². The number of hydrogen-bond donors (Lipinski definition) is 3. The van der Waals surface area contributed by atoms with Crippen LogP contribution in [-0.2, 0) is 0 Å². The van der Waals surface area contributed by atoms with Gasteiger partial charge in [0.2, 0.25) is 0 Å². The Kier molecular flexibility index (Phi) is 4.30. The molecule has 0 aliphatic carbocycles. The minimum absolute atomic E-state index is 0.426. The van der Waals surface area contributed by atoms with Crippen LogP contribution >= 0.6 is 11.6 Å². The Morgan fingerprint density at radius 3 is 2.69 bits per heavy atom. The summed E-state index contributed by atoms with van der Waals surface area (Å²) < 4.78 is 0. The van der Waals surface area contributed by atoms with Gasteiger partial charge in [0, 0.05) is 18.7 Å². The monoisotopic (exact) mass is 243 g/mol. The van der Waals surface area contributed by atoms with Gasteiger partial charge in [-0.05, 0) is 13.8 Å². The zero-order chi connectivity index (χ0) is 12.1. The van der Waals surface area contributed by atoms with Gasteiger partial charge in [-0.1, -0.05) is 11.6 Å². The first-order valence-corrected chi connectivity index (χ1v) is 5.16. The largest absolute Gasteiger partial charge is 0.368 e. The Morgan fingerprint density at radius 1 is 1.38 bits per heavy atom. The van der Waals surface area contributed by atoms with Crippen LogP contribution in [0.1, 0.15) is 11.4 Å². The van der Waals surface area contributed by atoms with Crippen molar-refractivity contribution in [3.05, 3.63) is 16.5 Å². The minimum atomic E-state index is -0.546. The highest BCUT2D eigenvalue weighted by atomic mass is 35.5. The standard InChI is InChI=1S/C9H14ClN5O/c1-5-7(10)14-6(2)15-8(5)12-3-4-13-9(11)16/h3-4H2,1-2H3,(H3,11,13,16)(H,12,14,15). The predicted octanol–water partition coefficient (Wildman–Crippen LogP) is 0.827. The lowest BCUT2D eigenvalue weighted by Gasteiger charge is -2.10. The first-order valence-electron chi connectivity index (χ1n) is 4.78. The third-order valence-corrected chi connectivity index (χ3v) is 2.28. The number of anilines is 1. The van der Waals surface area contributed by atoms with E-state index >= 15 is 0 Å². The van der Waals surface area contributed by atoms with Gasteiger partial charge in [0.25, 0.3) is 0 Å². The molecule has 0 bridgehead atoms. The maximum atomic E-state index is 10.4. The molecule has 0 atom stereocenters. The zero-order valence-corrected chi connectivity index (χ0v) is 9.93. The van der Waals surface area contributed by atoms with Crippen LogP contribution in [0.15, 0.2) is 0 Å². The maximum absolute atomic E-state index is 10.4. The van der Waals surface area contributed by atoms with Crippen molar-refractivity contribution >= 4 is 23.4 Å². The second-order valence-electron chi connectivity index (χ2n) is 3.25. The second kappa shape index (κ2) is 5.50. The van der Waals surface area contributed by atoms with Gasteiger partial charge in [0.15, 0.2) is 0 Å². The van der Waals surface area contributed by atoms with Crippen molar-refractivity contribution in [1.82, 2.24) is 15.3 Å². The van der Waals surface area contributed by atoms with E-state index in [0.29, 0.717) is 29.9 Å². The van der Waals surface area contributed by atoms with Gasteiger partial charge in [0.1, 0.15) is 16.8 Å². The zero-order valence-electron chi connectivity index (χ0n) is 9.17. The molecule has 2 amide bonds. The molecule has 0 saturated carbocycles. The number of amides is 2. The number of rotatable bonds is 4. The number of nitrogens with zero attached hydrogens (tertiary/aromatic N) is 2. The van der Waals surface area contributed by atoms with E-state index in [1.165, 1.54) is 0 Å². The molecule has 0 saturated heterocycles. The molecule has 88 valence electrons. The Hall–Kier alpha value is -1.56. The number of urea groups is 1. The van der Waals surface area contributed by atoms with Crippen LogP contribution in [0.5, 0.6) is 0 Å². The Morgan fingerprint density at radius 2 is 2.06 bits per heavy atom. The molecule has 0 radical (unpaired) electrons. The van der Waals surface area contributed by atoms with Crippen LogP contribution in [-0.4, -0.2) is 29.1 Å². The van der Waals surface area contributed by atoms with E-state index in [1.807, 2.05) is 6.92 Å². The highest BCUT2D eigenvalue weighted by molar-refractivity contribution is 6.30. The number of carbonyl (C=O) groups excluding carboxylic acids is 1. The minimum Gasteiger partial charge on any atom is -0.368 e. The SMILES string of the molecule is Cc1nc(Cl)c(C)c(NCCNC(N)=O)n1. The molecule has 1 heterocycles. The quantitative estimate of drug-likeness (QED) is 0.539. The van der Waals surface area contributed by atoms with Gasteiger partial charge in [-0.25, -0.2) is 14.8 Å². The number of halogens is 1. The van der Waals surface area contributed by atoms with Gasteiger partial charge in [0.05, 0.1) is 0 Å². The molecule has 0 fully saturated rings. The lowest BCUT2D eigenvalue weighted by molar-refractivity contribution is 0.249. The van der Waals surface area contributed by atoms with Crippen molar-refractivity contribution in [3.63, 3.8) is 0 Å². The Balaban J connectivity index is 2.57. The molecule has 0 aliphatic rings. The van der Waals surface area contributed by atoms with Crippen LogP contribution in [0.3, 0.4) is 0 Å². The van der Waals surface area contributed by atoms with Crippen LogP contribution in [0.4, 0.5) is 10.6 Å². The number of aromatic nitrogens is 2. The summed E-state index contributed by atoms with van der Waals surface area (Å²) in [6.45, 7) is 4.54. The second-order valence-corrected chi connectivity index (χ2v) is 3.61. The number of nitrogens with one attached hydrogen (secondary N) is 2. The summed E-state index contributed by atoms with van der Waals surface area (Å²) in [5, 5.41) is 5.94. The number of aryl methyl sites for hydroxylation is 1. The lowest BCUT2D eigenvalue weighted by atomic mass is 10.3. The van der Waals surface area contributed by atoms with E-state index in [-0.39, 0.29) is 0 Å². The van der Waals surface area contributed by atoms with Crippen LogP contribution < -0.4 is 16.4 Å². The molecule has 6 nitrogen and oxygen atoms in total. The molecule has 0 aromatic carbocycles. The van der Waals surface area contributed by atoms with E-state index in [2.05, 4.69) is 20.6 Å². The van der Waals surface area contributed by atoms with E-state index in [4.69, 9.17) is 17.3 Å². The molecule has 0 spiro atoms. The third kappa shape index (κ3) is 3.54. The van der Waals surface area contributed by atoms with Crippen molar-refractivity contribution in [3.8, 4) is 0 Å². The van der Waals surface area contributed by atoms with Crippen molar-refractivity contribution in [2.24, 2.45) is 5.73 Å². The summed E-state index contributed by atoms with van der Waals surface area (Å²) in [5.41, 5.74) is 5.71. The van der Waals surface area contributed by atoms with Gasteiger partial charge >= 0.3 is 6.03 Å². The fourth-order valence-corrected chi connectivity index (χ4v) is 1.34. The van der Waals surface area contributed by atoms with Gasteiger partial charge in [-0.2, -0.15) is 0 Å². The van der Waals surface area contributed by atoms with Crippen molar-refractivity contribution < 1.29 is 4.79 Å². The average molecular weight is 244 g/mol. The molecule has 16 heavy (non-hydrogen) atoms. The van der Waals surface area contributed by atoms with Crippen LogP contribution in [0, 0.1) is 13.8 Å². The molecule has 4 N–H and O–H groups in total. The van der Waals surface area contributed by atoms with E-state index in [9.17, 15) is 4.79 Å². The summed E-state index contributed by atoms with van der Waals surface area (Å²) >= 11 is 5.90. The highest BCUT2D eigenvalue weighted by Gasteiger charge is 2.06. The molecule has 0 aliphatic heterocycles. The van der Waals surface area contributed by atoms with E-state index in [0.717, 1.165) is 5.56 Å². The average Bonchev–Trinajstić information content (AvgIpc) is 2.19. The fourth-order valence-electron chi connectivity index (χ4n) is 1.13. The Labute approximate surface area is 98.6 Å². The van der Waals surface area contributed by atoms with Crippen molar-refractivity contribution in [2.45, 2.75) is 13.8 Å². The maximum Gasteiger partial charge on any atom is 0.312 e. The summed E-state index contributed by atoms with van der Waals surface area (Å²) in [6, 6.07) is -0.546. The summed E-state index contributed by atoms with van der Waals surface area (Å²) in [7, 11) is 0. The smallest absolute Gasteiger partial charge is 0.312 e. The normalized spacial score (nSPS) is 9.94. The predicted molar refractivity (Wildman–Crippen MR) is 62.6 cm³/mol. The van der Waals surface area contributed by atoms with E-state index in [1.54, 1.807) is 6.92 Å². The number of carbonyl (C=O) groups is 1. The van der Waals surface area contributed by atoms with Crippen LogP contribution in [0.25, 0.3) is 0 Å². The van der Waals surface area contributed by atoms with Crippen molar-refractivity contribution in [1.29, 1.82) is 0 Å². The summed E-state index contributed by atoms with van der Waals surface area (Å²) in [6.07, 6.45) is 0. The lowest BCUT2D eigenvalue weighted by Crippen LogP contribution is -2.33. The molecule has 1 aromatic rings. The first kappa shape index (κ1) is 12.5. The summed E-state index contributed by atoms with van der Waals surface area (Å²) in [5.74, 6) is 1.27. The van der Waals surface area contributed by atoms with Gasteiger partial charge in [-0.3, -0.25) is 0 Å². The fraction of sp³-hybridized carbons (Fsp3) is 0.444. The first-order chi connectivity index (χ1) is 7.50. The van der Waals surface area contributed by atoms with Crippen molar-refractivity contribution in [2.75, 3.05) is 18.4 Å². The molecule has 1 rings (SSSR count). The Bertz CT molecular complexity index is 396. The molecule has 1 aromatic heterocycles. The highest BCUT2D eigenvalue weighted by Crippen LogP contribution is 2.18. The van der Waals surface area contributed by atoms with Gasteiger partial charge < -0.3 is 16.4 Å². The number of nitrogens with two attached hydrogens (primary N) is 1. The topological polar surface area (TPSA) is 92.9 Å². The third-order valence-electron chi connectivity index (χ3n) is 1.91. The molecular weight excluding hydrogens is 230 g/mol. The molecule has 7 heteroatoms. The number of primary amides is 1. The summed E-state index contributed by atoms with van der Waals surface area (Å²) in [4.78, 5) is 18.6. The van der Waals surface area contributed by atoms with Gasteiger partial charge in [-0.15, -0.1) is 0 Å². The molecular formula is C9H14ClN5O. The number of hydrogen-bond acceptors (Lipinski definition) is 4. The molecule has 0 unspecified atom stereocenters. The van der Waals surface area contributed by atoms with E-state index < -0.39 is 6.03 Å².